The topological polar surface area (TPSA) is 83.2 Å². The van der Waals surface area contributed by atoms with Crippen molar-refractivity contribution in [2.45, 2.75) is 52.5 Å². The number of aliphatic imine (C=N–C) groups is 1. The van der Waals surface area contributed by atoms with Crippen LogP contribution in [0.25, 0.3) is 16.9 Å². The van der Waals surface area contributed by atoms with Gasteiger partial charge in [0.05, 0.1) is 24.1 Å². The molecule has 4 heterocycles. The molecule has 2 aliphatic rings. The van der Waals surface area contributed by atoms with Crippen molar-refractivity contribution >= 4 is 23.7 Å². The van der Waals surface area contributed by atoms with Gasteiger partial charge in [0.1, 0.15) is 11.2 Å². The lowest BCUT2D eigenvalue weighted by Gasteiger charge is -2.45. The molecule has 1 saturated heterocycles. The molecule has 0 saturated carbocycles. The summed E-state index contributed by atoms with van der Waals surface area (Å²) < 4.78 is 1.70. The van der Waals surface area contributed by atoms with Gasteiger partial charge in [-0.2, -0.15) is 5.10 Å². The molecule has 0 bridgehead atoms. The number of carbonyl (C=O) groups excluding carboxylic acids is 2. The predicted molar refractivity (Wildman–Crippen MR) is 140 cm³/mol. The average Bonchev–Trinajstić information content (AvgIpc) is 3.49. The van der Waals surface area contributed by atoms with Crippen LogP contribution in [0.2, 0.25) is 0 Å². The molecule has 0 radical (unpaired) electrons. The third-order valence-corrected chi connectivity index (χ3v) is 6.98. The second kappa shape index (κ2) is 8.40. The number of piperazine rings is 1. The lowest BCUT2D eigenvalue weighted by Crippen LogP contribution is -2.64. The van der Waals surface area contributed by atoms with Crippen LogP contribution in [0.1, 0.15) is 56.2 Å². The zero-order valence-electron chi connectivity index (χ0n) is 21.7. The molecule has 0 N–H and O–H groups in total. The summed E-state index contributed by atoms with van der Waals surface area (Å²) in [6.45, 7) is 13.4. The molecule has 186 valence electrons. The molecular weight excluding hydrogens is 452 g/mol. The highest BCUT2D eigenvalue weighted by atomic mass is 16.2. The van der Waals surface area contributed by atoms with Crippen molar-refractivity contribution in [1.29, 1.82) is 0 Å². The minimum atomic E-state index is -1.02. The number of hydrogen-bond acceptors (Lipinski definition) is 5. The van der Waals surface area contributed by atoms with Crippen molar-refractivity contribution < 1.29 is 9.59 Å². The van der Waals surface area contributed by atoms with Gasteiger partial charge in [-0.3, -0.25) is 14.6 Å². The van der Waals surface area contributed by atoms with Gasteiger partial charge in [0.25, 0.3) is 11.8 Å². The Hall–Kier alpha value is -3.81. The average molecular weight is 485 g/mol. The summed E-state index contributed by atoms with van der Waals surface area (Å²) in [5.74, 6) is -0.398. The van der Waals surface area contributed by atoms with Crippen molar-refractivity contribution in [2.75, 3.05) is 19.6 Å². The number of benzene rings is 1. The highest BCUT2D eigenvalue weighted by Gasteiger charge is 2.46. The van der Waals surface area contributed by atoms with E-state index in [-0.39, 0.29) is 22.9 Å². The fourth-order valence-electron chi connectivity index (χ4n) is 4.79. The number of aryl methyl sites for hydroxylation is 1. The molecule has 1 aromatic carbocycles. The number of imidazole rings is 1. The molecule has 0 unspecified atom stereocenters. The highest BCUT2D eigenvalue weighted by molar-refractivity contribution is 6.01. The van der Waals surface area contributed by atoms with E-state index in [2.05, 4.69) is 63.0 Å². The fourth-order valence-corrected chi connectivity index (χ4v) is 4.79. The maximum Gasteiger partial charge on any atom is 0.275 e. The van der Waals surface area contributed by atoms with E-state index in [1.54, 1.807) is 40.6 Å². The van der Waals surface area contributed by atoms with Crippen LogP contribution >= 0.6 is 0 Å². The lowest BCUT2D eigenvalue weighted by molar-refractivity contribution is -0.143. The Morgan fingerprint density at radius 3 is 2.44 bits per heavy atom. The first kappa shape index (κ1) is 23.9. The van der Waals surface area contributed by atoms with Crippen LogP contribution in [0.5, 0.6) is 0 Å². The zero-order chi connectivity index (χ0) is 25.8. The number of allylic oxidation sites excluding steroid dienone is 1. The van der Waals surface area contributed by atoms with E-state index in [0.29, 0.717) is 25.3 Å². The maximum atomic E-state index is 13.7. The third kappa shape index (κ3) is 4.00. The van der Waals surface area contributed by atoms with Crippen molar-refractivity contribution in [3.05, 3.63) is 65.1 Å². The Bertz CT molecular complexity index is 1420. The molecule has 1 fully saturated rings. The minimum absolute atomic E-state index is 0.124. The summed E-state index contributed by atoms with van der Waals surface area (Å²) in [6, 6.07) is 10.3. The van der Waals surface area contributed by atoms with E-state index < -0.39 is 5.54 Å². The summed E-state index contributed by atoms with van der Waals surface area (Å²) in [7, 11) is 0. The van der Waals surface area contributed by atoms with Crippen LogP contribution in [-0.2, 0) is 10.2 Å². The molecule has 5 rings (SSSR count). The molecule has 2 aromatic heterocycles. The standard InChI is InChI=1S/C28H32N6O2/c1-18-7-9-19(10-8-18)22-15-21(27(2,3)4)24-30-23(17-34(24)31-22)25(35)33-14-13-32(20-11-12-29-16-20)26(36)28(33,5)6/h7-11,15-17H,12-14H2,1-6H3. The molecular formula is C28H32N6O2. The number of nitrogens with zero attached hydrogens (tertiary/aromatic N) is 6. The number of amides is 2. The van der Waals surface area contributed by atoms with Crippen LogP contribution in [0, 0.1) is 6.92 Å². The smallest absolute Gasteiger partial charge is 0.275 e. The molecule has 2 amide bonds. The van der Waals surface area contributed by atoms with Crippen LogP contribution in [0.15, 0.2) is 53.3 Å². The second-order valence-corrected chi connectivity index (χ2v) is 11.0. The first-order valence-corrected chi connectivity index (χ1v) is 12.3. The van der Waals surface area contributed by atoms with Crippen LogP contribution in [-0.4, -0.2) is 67.6 Å². The van der Waals surface area contributed by atoms with Crippen molar-refractivity contribution in [1.82, 2.24) is 24.4 Å². The number of carbonyl (C=O) groups is 2. The van der Waals surface area contributed by atoms with Gasteiger partial charge in [0, 0.05) is 30.4 Å². The summed E-state index contributed by atoms with van der Waals surface area (Å²) in [4.78, 5) is 39.4. The normalized spacial score (nSPS) is 17.7. The summed E-state index contributed by atoms with van der Waals surface area (Å²) in [6.07, 6.45) is 5.33. The van der Waals surface area contributed by atoms with Gasteiger partial charge < -0.3 is 9.80 Å². The van der Waals surface area contributed by atoms with E-state index in [1.165, 1.54) is 5.56 Å². The van der Waals surface area contributed by atoms with Crippen LogP contribution in [0.3, 0.4) is 0 Å². The molecule has 0 atom stereocenters. The van der Waals surface area contributed by atoms with E-state index in [4.69, 9.17) is 10.1 Å². The summed E-state index contributed by atoms with van der Waals surface area (Å²) in [5, 5.41) is 4.80. The van der Waals surface area contributed by atoms with Crippen LogP contribution < -0.4 is 0 Å². The Labute approximate surface area is 211 Å². The molecule has 8 heteroatoms. The van der Waals surface area contributed by atoms with Gasteiger partial charge in [-0.25, -0.2) is 9.50 Å². The van der Waals surface area contributed by atoms with Crippen LogP contribution in [0.4, 0.5) is 0 Å². The Morgan fingerprint density at radius 1 is 1.08 bits per heavy atom. The quantitative estimate of drug-likeness (QED) is 0.562. The first-order valence-electron chi connectivity index (χ1n) is 12.3. The van der Waals surface area contributed by atoms with Gasteiger partial charge in [0.15, 0.2) is 5.65 Å². The van der Waals surface area contributed by atoms with Gasteiger partial charge in [-0.05, 0) is 38.3 Å². The monoisotopic (exact) mass is 484 g/mol. The van der Waals surface area contributed by atoms with Gasteiger partial charge in [0.2, 0.25) is 0 Å². The Balaban J connectivity index is 1.53. The predicted octanol–water partition coefficient (Wildman–Crippen LogP) is 4.03. The Kier molecular flexibility index (Phi) is 5.58. The van der Waals surface area contributed by atoms with Gasteiger partial charge >= 0.3 is 0 Å². The number of hydrogen-bond donors (Lipinski definition) is 0. The van der Waals surface area contributed by atoms with Gasteiger partial charge in [-0.1, -0.05) is 50.6 Å². The lowest BCUT2D eigenvalue weighted by atomic mass is 9.87. The molecule has 36 heavy (non-hydrogen) atoms. The van der Waals surface area contributed by atoms with E-state index in [9.17, 15) is 9.59 Å². The zero-order valence-corrected chi connectivity index (χ0v) is 21.7. The second-order valence-electron chi connectivity index (χ2n) is 11.0. The summed E-state index contributed by atoms with van der Waals surface area (Å²) in [5.41, 5.74) is 4.50. The molecule has 8 nitrogen and oxygen atoms in total. The third-order valence-electron chi connectivity index (χ3n) is 6.98. The van der Waals surface area contributed by atoms with Crippen molar-refractivity contribution in [3.8, 4) is 11.3 Å². The van der Waals surface area contributed by atoms with Crippen molar-refractivity contribution in [2.24, 2.45) is 4.99 Å². The van der Waals surface area contributed by atoms with E-state index >= 15 is 0 Å². The van der Waals surface area contributed by atoms with Crippen molar-refractivity contribution in [3.63, 3.8) is 0 Å². The molecule has 0 spiro atoms. The first-order chi connectivity index (χ1) is 17.0. The number of fused-ring (bicyclic) bond motifs is 1. The number of rotatable bonds is 3. The SMILES string of the molecule is Cc1ccc(-c2cc(C(C)(C)C)c3nc(C(=O)N4CCN(C5=CCN=C5)C(=O)C4(C)C)cn3n2)cc1. The van der Waals surface area contributed by atoms with E-state index in [1.807, 2.05) is 6.08 Å². The number of aromatic nitrogens is 3. The molecule has 2 aliphatic heterocycles. The van der Waals surface area contributed by atoms with E-state index in [0.717, 1.165) is 22.5 Å². The maximum absolute atomic E-state index is 13.7. The Morgan fingerprint density at radius 2 is 1.81 bits per heavy atom. The molecule has 0 aliphatic carbocycles. The highest BCUT2D eigenvalue weighted by Crippen LogP contribution is 2.31. The van der Waals surface area contributed by atoms with Gasteiger partial charge in [-0.15, -0.1) is 0 Å². The fraction of sp³-hybridized carbons (Fsp3) is 0.393. The summed E-state index contributed by atoms with van der Waals surface area (Å²) >= 11 is 0. The molecule has 3 aromatic rings. The largest absolute Gasteiger partial charge is 0.321 e. The minimum Gasteiger partial charge on any atom is -0.321 e.